The van der Waals surface area contributed by atoms with Crippen LogP contribution in [0.1, 0.15) is 24.2 Å². The summed E-state index contributed by atoms with van der Waals surface area (Å²) >= 11 is 1.36. The Morgan fingerprint density at radius 2 is 1.74 bits per heavy atom. The van der Waals surface area contributed by atoms with Gasteiger partial charge in [0, 0.05) is 35.9 Å². The number of hydrogen-bond acceptors (Lipinski definition) is 7. The molecule has 1 atom stereocenters. The highest BCUT2D eigenvalue weighted by molar-refractivity contribution is 7.13. The quantitative estimate of drug-likeness (QED) is 0.277. The average Bonchev–Trinajstić information content (AvgIpc) is 3.49. The van der Waals surface area contributed by atoms with Gasteiger partial charge in [0.25, 0.3) is 0 Å². The number of aromatic nitrogens is 2. The Bertz CT molecular complexity index is 1330. The van der Waals surface area contributed by atoms with Crippen molar-refractivity contribution in [1.29, 1.82) is 0 Å². The Labute approximate surface area is 206 Å². The number of rotatable bonds is 9. The van der Waals surface area contributed by atoms with Gasteiger partial charge in [0.1, 0.15) is 28.4 Å². The van der Waals surface area contributed by atoms with Crippen LogP contribution in [0.15, 0.2) is 66.2 Å². The Morgan fingerprint density at radius 3 is 2.37 bits per heavy atom. The number of carbonyl (C=O) groups is 2. The number of ketones is 1. The predicted molar refractivity (Wildman–Crippen MR) is 133 cm³/mol. The van der Waals surface area contributed by atoms with Gasteiger partial charge in [-0.1, -0.05) is 0 Å². The second-order valence-corrected chi connectivity index (χ2v) is 8.71. The van der Waals surface area contributed by atoms with E-state index in [0.717, 1.165) is 0 Å². The molecule has 2 aromatic heterocycles. The van der Waals surface area contributed by atoms with Gasteiger partial charge >= 0.3 is 6.09 Å². The standard InChI is InChI=1S/C26H24N2O6S/c1-16(15-32-3)33-21-12-19(13-22(14-21)34-20-6-4-18(5-7-20)17(2)29)23-8-9-24(28(23)26(30)31)25-27-10-11-35-25/h4-14,16H,15H2,1-3H3,(H,30,31)/t16-/m0/s1. The molecule has 0 unspecified atom stereocenters. The van der Waals surface area contributed by atoms with Gasteiger partial charge in [-0.3, -0.25) is 4.79 Å². The minimum atomic E-state index is -1.13. The predicted octanol–water partition coefficient (Wildman–Crippen LogP) is 6.21. The normalized spacial score (nSPS) is 11.7. The summed E-state index contributed by atoms with van der Waals surface area (Å²) in [6, 6.07) is 15.5. The van der Waals surface area contributed by atoms with Gasteiger partial charge in [-0.2, -0.15) is 0 Å². The number of carboxylic acid groups (broad SMARTS) is 1. The van der Waals surface area contributed by atoms with E-state index in [9.17, 15) is 14.7 Å². The molecule has 0 bridgehead atoms. The Balaban J connectivity index is 1.76. The van der Waals surface area contributed by atoms with E-state index in [2.05, 4.69) is 4.98 Å². The van der Waals surface area contributed by atoms with Crippen molar-refractivity contribution in [2.45, 2.75) is 20.0 Å². The number of methoxy groups -OCH3 is 1. The van der Waals surface area contributed by atoms with E-state index in [1.165, 1.54) is 22.8 Å². The number of carbonyl (C=O) groups excluding carboxylic acids is 1. The second-order valence-electron chi connectivity index (χ2n) is 7.82. The number of Topliss-reactive ketones (excluding diaryl/α,β-unsaturated/α-hetero) is 1. The third-order valence-electron chi connectivity index (χ3n) is 5.13. The molecule has 0 amide bonds. The van der Waals surface area contributed by atoms with Crippen LogP contribution < -0.4 is 9.47 Å². The van der Waals surface area contributed by atoms with Crippen molar-refractivity contribution in [3.8, 4) is 39.2 Å². The van der Waals surface area contributed by atoms with Gasteiger partial charge in [0.15, 0.2) is 5.78 Å². The largest absolute Gasteiger partial charge is 0.488 e. The molecule has 0 aliphatic rings. The fourth-order valence-corrected chi connectivity index (χ4v) is 4.28. The van der Waals surface area contributed by atoms with E-state index < -0.39 is 6.09 Å². The van der Waals surface area contributed by atoms with E-state index in [1.807, 2.05) is 6.92 Å². The van der Waals surface area contributed by atoms with Crippen LogP contribution in [0.2, 0.25) is 0 Å². The lowest BCUT2D eigenvalue weighted by Gasteiger charge is -2.17. The van der Waals surface area contributed by atoms with Gasteiger partial charge in [0.05, 0.1) is 18.0 Å². The average molecular weight is 493 g/mol. The third kappa shape index (κ3) is 5.59. The highest BCUT2D eigenvalue weighted by Gasteiger charge is 2.20. The molecule has 0 aliphatic carbocycles. The van der Waals surface area contributed by atoms with Gasteiger partial charge < -0.3 is 19.3 Å². The molecular weight excluding hydrogens is 468 g/mol. The summed E-state index contributed by atoms with van der Waals surface area (Å²) in [4.78, 5) is 28.0. The van der Waals surface area contributed by atoms with Crippen molar-refractivity contribution in [2.24, 2.45) is 0 Å². The first-order chi connectivity index (χ1) is 16.9. The number of benzene rings is 2. The Morgan fingerprint density at radius 1 is 1.03 bits per heavy atom. The highest BCUT2D eigenvalue weighted by atomic mass is 32.1. The van der Waals surface area contributed by atoms with Crippen molar-refractivity contribution in [3.05, 3.63) is 71.7 Å². The highest BCUT2D eigenvalue weighted by Crippen LogP contribution is 2.36. The number of hydrogen-bond donors (Lipinski definition) is 1. The summed E-state index contributed by atoms with van der Waals surface area (Å²) in [6.45, 7) is 3.76. The topological polar surface area (TPSA) is 99.9 Å². The Kier molecular flexibility index (Phi) is 7.28. The molecule has 0 spiro atoms. The molecule has 1 N–H and O–H groups in total. The SMILES string of the molecule is COC[C@H](C)Oc1cc(Oc2ccc(C(C)=O)cc2)cc(-c2ccc(-c3nccs3)n2C(=O)O)c1. The van der Waals surface area contributed by atoms with Crippen LogP contribution in [0.4, 0.5) is 4.79 Å². The van der Waals surface area contributed by atoms with E-state index in [1.54, 1.807) is 73.3 Å². The van der Waals surface area contributed by atoms with E-state index in [-0.39, 0.29) is 11.9 Å². The van der Waals surface area contributed by atoms with Gasteiger partial charge in [0.2, 0.25) is 0 Å². The number of ether oxygens (including phenoxy) is 3. The fourth-order valence-electron chi connectivity index (χ4n) is 3.63. The monoisotopic (exact) mass is 492 g/mol. The smallest absolute Gasteiger partial charge is 0.416 e. The molecule has 0 fully saturated rings. The molecule has 2 heterocycles. The van der Waals surface area contributed by atoms with Crippen molar-refractivity contribution >= 4 is 23.2 Å². The molecule has 0 aliphatic heterocycles. The first-order valence-electron chi connectivity index (χ1n) is 10.8. The first kappa shape index (κ1) is 24.2. The van der Waals surface area contributed by atoms with Gasteiger partial charge in [-0.25, -0.2) is 14.3 Å². The number of nitrogens with zero attached hydrogens (tertiary/aromatic N) is 2. The molecule has 4 aromatic rings. The molecule has 9 heteroatoms. The third-order valence-corrected chi connectivity index (χ3v) is 5.93. The first-order valence-corrected chi connectivity index (χ1v) is 11.7. The molecule has 35 heavy (non-hydrogen) atoms. The Hall–Kier alpha value is -3.95. The maximum atomic E-state index is 12.2. The summed E-state index contributed by atoms with van der Waals surface area (Å²) in [7, 11) is 1.59. The minimum absolute atomic E-state index is 0.0353. The molecule has 8 nitrogen and oxygen atoms in total. The molecule has 0 saturated heterocycles. The maximum absolute atomic E-state index is 12.2. The van der Waals surface area contributed by atoms with Crippen molar-refractivity contribution in [1.82, 2.24) is 9.55 Å². The zero-order valence-electron chi connectivity index (χ0n) is 19.4. The summed E-state index contributed by atoms with van der Waals surface area (Å²) in [6.07, 6.45) is 0.264. The lowest BCUT2D eigenvalue weighted by atomic mass is 10.1. The van der Waals surface area contributed by atoms with Gasteiger partial charge in [-0.05, 0) is 62.4 Å². The summed E-state index contributed by atoms with van der Waals surface area (Å²) in [5.41, 5.74) is 2.10. The van der Waals surface area contributed by atoms with Crippen LogP contribution in [0.5, 0.6) is 17.2 Å². The van der Waals surface area contributed by atoms with Crippen LogP contribution in [0.3, 0.4) is 0 Å². The van der Waals surface area contributed by atoms with Crippen molar-refractivity contribution in [2.75, 3.05) is 13.7 Å². The summed E-state index contributed by atoms with van der Waals surface area (Å²) in [5.74, 6) is 1.44. The molecular formula is C26H24N2O6S. The van der Waals surface area contributed by atoms with Gasteiger partial charge in [-0.15, -0.1) is 11.3 Å². The molecule has 0 radical (unpaired) electrons. The molecule has 4 rings (SSSR count). The summed E-state index contributed by atoms with van der Waals surface area (Å²) < 4.78 is 18.4. The van der Waals surface area contributed by atoms with Crippen LogP contribution in [-0.4, -0.2) is 46.4 Å². The lowest BCUT2D eigenvalue weighted by Crippen LogP contribution is -2.18. The number of thiazole rings is 1. The maximum Gasteiger partial charge on any atom is 0.416 e. The van der Waals surface area contributed by atoms with E-state index in [0.29, 0.717) is 51.4 Å². The van der Waals surface area contributed by atoms with E-state index >= 15 is 0 Å². The lowest BCUT2D eigenvalue weighted by molar-refractivity contribution is 0.0920. The molecule has 2 aromatic carbocycles. The molecule has 180 valence electrons. The molecule has 0 saturated carbocycles. The second kappa shape index (κ2) is 10.5. The van der Waals surface area contributed by atoms with Crippen molar-refractivity contribution < 1.29 is 28.9 Å². The van der Waals surface area contributed by atoms with E-state index in [4.69, 9.17) is 14.2 Å². The minimum Gasteiger partial charge on any atom is -0.488 e. The van der Waals surface area contributed by atoms with Crippen LogP contribution in [0, 0.1) is 0 Å². The zero-order valence-corrected chi connectivity index (χ0v) is 20.2. The fraction of sp³-hybridized carbons (Fsp3) is 0.192. The van der Waals surface area contributed by atoms with Crippen LogP contribution >= 0.6 is 11.3 Å². The van der Waals surface area contributed by atoms with Crippen molar-refractivity contribution in [3.63, 3.8) is 0 Å². The van der Waals surface area contributed by atoms with Crippen LogP contribution in [0.25, 0.3) is 22.0 Å². The zero-order chi connectivity index (χ0) is 24.9. The summed E-state index contributed by atoms with van der Waals surface area (Å²) in [5, 5.41) is 12.4. The van der Waals surface area contributed by atoms with Crippen LogP contribution in [-0.2, 0) is 4.74 Å².